The van der Waals surface area contributed by atoms with Crippen LogP contribution >= 0.6 is 0 Å². The van der Waals surface area contributed by atoms with Gasteiger partial charge in [0, 0.05) is 17.5 Å². The zero-order valence-corrected chi connectivity index (χ0v) is 15.0. The average molecular weight is 360 g/mol. The maximum atomic E-state index is 12.2. The number of carbonyl (C=O) groups is 2. The van der Waals surface area contributed by atoms with E-state index in [1.807, 2.05) is 13.8 Å². The summed E-state index contributed by atoms with van der Waals surface area (Å²) in [5.41, 5.74) is 0.789. The molecular weight excluding hydrogens is 338 g/mol. The zero-order valence-electron chi connectivity index (χ0n) is 15.0. The maximum absolute atomic E-state index is 12.2. The van der Waals surface area contributed by atoms with Crippen molar-refractivity contribution in [3.05, 3.63) is 40.2 Å². The van der Waals surface area contributed by atoms with E-state index in [9.17, 15) is 19.5 Å². The molecular formula is C19H22NO6-. The second-order valence-corrected chi connectivity index (χ2v) is 6.03. The summed E-state index contributed by atoms with van der Waals surface area (Å²) in [6.07, 6.45) is 0.634. The molecule has 0 aliphatic heterocycles. The Morgan fingerprint density at radius 3 is 2.62 bits per heavy atom. The molecule has 2 aromatic rings. The fourth-order valence-corrected chi connectivity index (χ4v) is 2.66. The van der Waals surface area contributed by atoms with Crippen molar-refractivity contribution in [3.8, 4) is 5.75 Å². The summed E-state index contributed by atoms with van der Waals surface area (Å²) < 4.78 is 10.8. The van der Waals surface area contributed by atoms with Gasteiger partial charge in [0.1, 0.15) is 11.3 Å². The Hall–Kier alpha value is -2.83. The minimum Gasteiger partial charge on any atom is -0.548 e. The molecule has 1 aromatic heterocycles. The summed E-state index contributed by atoms with van der Waals surface area (Å²) >= 11 is 0. The van der Waals surface area contributed by atoms with Crippen LogP contribution in [-0.4, -0.2) is 24.0 Å². The maximum Gasteiger partial charge on any atom is 0.336 e. The first-order chi connectivity index (χ1) is 12.3. The van der Waals surface area contributed by atoms with E-state index in [4.69, 9.17) is 9.15 Å². The fraction of sp³-hybridized carbons (Fsp3) is 0.421. The van der Waals surface area contributed by atoms with Crippen molar-refractivity contribution in [1.82, 2.24) is 5.32 Å². The molecule has 0 unspecified atom stereocenters. The van der Waals surface area contributed by atoms with Gasteiger partial charge in [-0.2, -0.15) is 0 Å². The van der Waals surface area contributed by atoms with Crippen LogP contribution < -0.4 is 20.8 Å². The lowest BCUT2D eigenvalue weighted by molar-refractivity contribution is -0.308. The van der Waals surface area contributed by atoms with Crippen LogP contribution in [0, 0.1) is 0 Å². The van der Waals surface area contributed by atoms with E-state index in [0.717, 1.165) is 10.9 Å². The van der Waals surface area contributed by atoms with Gasteiger partial charge in [0.25, 0.3) is 5.91 Å². The molecule has 0 spiro atoms. The number of carboxylic acids is 1. The first-order valence-electron chi connectivity index (χ1n) is 8.60. The van der Waals surface area contributed by atoms with Crippen molar-refractivity contribution in [2.45, 2.75) is 52.2 Å². The number of aryl methyl sites for hydroxylation is 1. The number of carbonyl (C=O) groups excluding carboxylic acids is 2. The van der Waals surface area contributed by atoms with Crippen molar-refractivity contribution in [2.24, 2.45) is 0 Å². The van der Waals surface area contributed by atoms with Crippen LogP contribution in [0.25, 0.3) is 11.0 Å². The normalized spacial score (nSPS) is 13.2. The third kappa shape index (κ3) is 4.62. The van der Waals surface area contributed by atoms with E-state index < -0.39 is 29.6 Å². The van der Waals surface area contributed by atoms with Gasteiger partial charge in [0.2, 0.25) is 0 Å². The quantitative estimate of drug-likeness (QED) is 0.708. The highest BCUT2D eigenvalue weighted by Crippen LogP contribution is 2.23. The lowest BCUT2D eigenvalue weighted by Crippen LogP contribution is -2.51. The van der Waals surface area contributed by atoms with E-state index in [-0.39, 0.29) is 6.42 Å². The predicted molar refractivity (Wildman–Crippen MR) is 93.8 cm³/mol. The summed E-state index contributed by atoms with van der Waals surface area (Å²) in [5, 5.41) is 14.2. The number of amides is 1. The van der Waals surface area contributed by atoms with Gasteiger partial charge in [-0.25, -0.2) is 4.79 Å². The molecule has 2 atom stereocenters. The van der Waals surface area contributed by atoms with E-state index in [1.165, 1.54) is 13.0 Å². The Labute approximate surface area is 151 Å². The van der Waals surface area contributed by atoms with Gasteiger partial charge in [0.05, 0.1) is 12.0 Å². The summed E-state index contributed by atoms with van der Waals surface area (Å²) in [4.78, 5) is 34.8. The Kier molecular flexibility index (Phi) is 6.38. The van der Waals surface area contributed by atoms with Gasteiger partial charge in [-0.05, 0) is 37.5 Å². The second kappa shape index (κ2) is 8.51. The van der Waals surface area contributed by atoms with Gasteiger partial charge in [-0.15, -0.1) is 0 Å². The molecule has 1 heterocycles. The van der Waals surface area contributed by atoms with Crippen LogP contribution in [0.4, 0.5) is 0 Å². The smallest absolute Gasteiger partial charge is 0.336 e. The standard InChI is InChI=1S/C19H23NO6/c1-4-6-15(19(23)24)20-18(22)11(3)25-13-7-8-14-12(5-2)9-17(21)26-16(14)10-13/h7-11,15H,4-6H2,1-3H3,(H,20,22)(H,23,24)/p-1/t11-,15+/m0/s1. The van der Waals surface area contributed by atoms with Gasteiger partial charge in [-0.3, -0.25) is 4.79 Å². The number of hydrogen-bond acceptors (Lipinski definition) is 6. The number of hydrogen-bond donors (Lipinski definition) is 1. The van der Waals surface area contributed by atoms with Gasteiger partial charge >= 0.3 is 5.63 Å². The van der Waals surface area contributed by atoms with Gasteiger partial charge < -0.3 is 24.4 Å². The molecule has 0 radical (unpaired) electrons. The zero-order chi connectivity index (χ0) is 19.3. The molecule has 26 heavy (non-hydrogen) atoms. The van der Waals surface area contributed by atoms with Gasteiger partial charge in [-0.1, -0.05) is 20.3 Å². The first kappa shape index (κ1) is 19.5. The molecule has 7 nitrogen and oxygen atoms in total. The number of nitrogens with one attached hydrogen (secondary N) is 1. The predicted octanol–water partition coefficient (Wildman–Crippen LogP) is 1.16. The van der Waals surface area contributed by atoms with Gasteiger partial charge in [0.15, 0.2) is 6.10 Å². The minimum absolute atomic E-state index is 0.279. The second-order valence-electron chi connectivity index (χ2n) is 6.03. The van der Waals surface area contributed by atoms with E-state index in [1.54, 1.807) is 18.2 Å². The first-order valence-corrected chi connectivity index (χ1v) is 8.60. The Balaban J connectivity index is 2.15. The van der Waals surface area contributed by atoms with Crippen molar-refractivity contribution >= 4 is 22.8 Å². The lowest BCUT2D eigenvalue weighted by atomic mass is 10.1. The van der Waals surface area contributed by atoms with Crippen molar-refractivity contribution < 1.29 is 23.8 Å². The molecule has 2 rings (SSSR count). The van der Waals surface area contributed by atoms with Crippen molar-refractivity contribution in [1.29, 1.82) is 0 Å². The molecule has 0 fully saturated rings. The Morgan fingerprint density at radius 1 is 1.27 bits per heavy atom. The van der Waals surface area contributed by atoms with Crippen LogP contribution in [-0.2, 0) is 16.0 Å². The number of rotatable bonds is 8. The molecule has 1 amide bonds. The Morgan fingerprint density at radius 2 is 2.00 bits per heavy atom. The Bertz CT molecular complexity index is 857. The highest BCUT2D eigenvalue weighted by atomic mass is 16.5. The number of fused-ring (bicyclic) bond motifs is 1. The summed E-state index contributed by atoms with van der Waals surface area (Å²) in [6.45, 7) is 5.26. The van der Waals surface area contributed by atoms with Crippen LogP contribution in [0.3, 0.4) is 0 Å². The number of benzene rings is 1. The molecule has 140 valence electrons. The van der Waals surface area contributed by atoms with Crippen LogP contribution in [0.5, 0.6) is 5.75 Å². The third-order valence-corrected chi connectivity index (χ3v) is 4.04. The number of carboxylic acid groups (broad SMARTS) is 1. The third-order valence-electron chi connectivity index (χ3n) is 4.04. The highest BCUT2D eigenvalue weighted by Gasteiger charge is 2.19. The largest absolute Gasteiger partial charge is 0.548 e. The van der Waals surface area contributed by atoms with Crippen molar-refractivity contribution in [2.75, 3.05) is 0 Å². The van der Waals surface area contributed by atoms with E-state index in [0.29, 0.717) is 24.2 Å². The summed E-state index contributed by atoms with van der Waals surface area (Å²) in [6, 6.07) is 5.38. The topological polar surface area (TPSA) is 109 Å². The minimum atomic E-state index is -1.33. The summed E-state index contributed by atoms with van der Waals surface area (Å²) in [5.74, 6) is -1.54. The van der Waals surface area contributed by atoms with E-state index in [2.05, 4.69) is 5.32 Å². The molecule has 1 N–H and O–H groups in total. The van der Waals surface area contributed by atoms with Crippen LogP contribution in [0.1, 0.15) is 39.2 Å². The molecule has 1 aromatic carbocycles. The number of ether oxygens (including phenoxy) is 1. The molecule has 0 saturated carbocycles. The SMILES string of the molecule is CCC[C@@H](NC(=O)[C@H](C)Oc1ccc2c(CC)cc(=O)oc2c1)C(=O)[O-]. The summed E-state index contributed by atoms with van der Waals surface area (Å²) in [7, 11) is 0. The van der Waals surface area contributed by atoms with Crippen LogP contribution in [0.2, 0.25) is 0 Å². The molecule has 7 heteroatoms. The van der Waals surface area contributed by atoms with E-state index >= 15 is 0 Å². The molecule has 0 aliphatic rings. The lowest BCUT2D eigenvalue weighted by Gasteiger charge is -2.22. The monoisotopic (exact) mass is 360 g/mol. The molecule has 0 bridgehead atoms. The fourth-order valence-electron chi connectivity index (χ4n) is 2.66. The average Bonchev–Trinajstić information content (AvgIpc) is 2.59. The molecule has 0 saturated heterocycles. The molecule has 0 aliphatic carbocycles. The van der Waals surface area contributed by atoms with Crippen LogP contribution in [0.15, 0.2) is 33.5 Å². The number of aliphatic carboxylic acids is 1. The van der Waals surface area contributed by atoms with Crippen molar-refractivity contribution in [3.63, 3.8) is 0 Å². The highest BCUT2D eigenvalue weighted by molar-refractivity contribution is 5.86.